The number of hydrogen-bond acceptors (Lipinski definition) is 3. The minimum absolute atomic E-state index is 0.138. The van der Waals surface area contributed by atoms with Crippen LogP contribution in [-0.4, -0.2) is 38.3 Å². The molecular weight excluding hydrogens is 316 g/mol. The van der Waals surface area contributed by atoms with Gasteiger partial charge in [0, 0.05) is 35.2 Å². The van der Waals surface area contributed by atoms with E-state index in [1.165, 1.54) is 0 Å². The van der Waals surface area contributed by atoms with Crippen LogP contribution in [0.15, 0.2) is 22.7 Å². The van der Waals surface area contributed by atoms with Crippen LogP contribution < -0.4 is 5.73 Å². The van der Waals surface area contributed by atoms with Gasteiger partial charge in [0.15, 0.2) is 0 Å². The highest BCUT2D eigenvalue weighted by Crippen LogP contribution is 2.29. The van der Waals surface area contributed by atoms with E-state index in [2.05, 4.69) is 20.8 Å². The van der Waals surface area contributed by atoms with Crippen LogP contribution in [0.3, 0.4) is 0 Å². The van der Waals surface area contributed by atoms with Crippen molar-refractivity contribution in [2.75, 3.05) is 33.4 Å². The van der Waals surface area contributed by atoms with Crippen molar-refractivity contribution in [3.63, 3.8) is 0 Å². The topological polar surface area (TPSA) is 38.5 Å². The molecule has 0 heterocycles. The van der Waals surface area contributed by atoms with E-state index in [-0.39, 0.29) is 6.04 Å². The number of likely N-dealkylation sites (N-methyl/N-ethyl adjacent to an activating group) is 1. The molecular formula is C13H20BrClN2O. The third-order valence-corrected chi connectivity index (χ3v) is 3.82. The fraction of sp³-hybridized carbons (Fsp3) is 0.538. The van der Waals surface area contributed by atoms with E-state index in [4.69, 9.17) is 22.1 Å². The Balaban J connectivity index is 2.78. The van der Waals surface area contributed by atoms with E-state index < -0.39 is 0 Å². The van der Waals surface area contributed by atoms with Gasteiger partial charge in [-0.25, -0.2) is 0 Å². The molecule has 0 saturated heterocycles. The summed E-state index contributed by atoms with van der Waals surface area (Å²) in [4.78, 5) is 2.19. The monoisotopic (exact) mass is 334 g/mol. The first kappa shape index (κ1) is 15.9. The summed E-state index contributed by atoms with van der Waals surface area (Å²) in [5.41, 5.74) is 7.00. The molecule has 0 bridgehead atoms. The van der Waals surface area contributed by atoms with Crippen molar-refractivity contribution in [2.24, 2.45) is 5.73 Å². The SMILES string of the molecule is CCOCCN(C)C(CN)c1cc(Cl)ccc1Br. The number of halogens is 2. The Hall–Kier alpha value is -0.130. The normalized spacial score (nSPS) is 13.0. The Labute approximate surface area is 122 Å². The van der Waals surface area contributed by atoms with Crippen molar-refractivity contribution in [1.29, 1.82) is 0 Å². The lowest BCUT2D eigenvalue weighted by atomic mass is 10.1. The predicted octanol–water partition coefficient (Wildman–Crippen LogP) is 3.07. The van der Waals surface area contributed by atoms with Crippen molar-refractivity contribution in [3.8, 4) is 0 Å². The molecule has 0 saturated carbocycles. The third kappa shape index (κ3) is 4.52. The summed E-state index contributed by atoms with van der Waals surface area (Å²) in [6.07, 6.45) is 0. The minimum atomic E-state index is 0.138. The molecule has 1 aromatic carbocycles. The van der Waals surface area contributed by atoms with Gasteiger partial charge in [-0.3, -0.25) is 4.90 Å². The summed E-state index contributed by atoms with van der Waals surface area (Å²) >= 11 is 9.59. The molecule has 0 aliphatic carbocycles. The van der Waals surface area contributed by atoms with Crippen LogP contribution in [0, 0.1) is 0 Å². The molecule has 0 aromatic heterocycles. The van der Waals surface area contributed by atoms with Gasteiger partial charge in [-0.05, 0) is 37.7 Å². The summed E-state index contributed by atoms with van der Waals surface area (Å²) in [5, 5.41) is 0.727. The molecule has 3 nitrogen and oxygen atoms in total. The van der Waals surface area contributed by atoms with Gasteiger partial charge in [0.2, 0.25) is 0 Å². The average molecular weight is 336 g/mol. The zero-order chi connectivity index (χ0) is 13.5. The van der Waals surface area contributed by atoms with Gasteiger partial charge in [0.1, 0.15) is 0 Å². The molecule has 5 heteroatoms. The summed E-state index contributed by atoms with van der Waals surface area (Å²) in [5.74, 6) is 0. The number of rotatable bonds is 7. The standard InChI is InChI=1S/C13H20BrClN2O/c1-3-18-7-6-17(2)13(9-16)11-8-10(15)4-5-12(11)14/h4-5,8,13H,3,6-7,9,16H2,1-2H3. The van der Waals surface area contributed by atoms with E-state index in [0.717, 1.165) is 28.2 Å². The highest BCUT2D eigenvalue weighted by molar-refractivity contribution is 9.10. The van der Waals surface area contributed by atoms with E-state index in [0.29, 0.717) is 13.2 Å². The first-order valence-electron chi connectivity index (χ1n) is 6.03. The first-order valence-corrected chi connectivity index (χ1v) is 7.20. The molecule has 0 fully saturated rings. The Bertz CT molecular complexity index is 376. The average Bonchev–Trinajstić information content (AvgIpc) is 2.35. The fourth-order valence-corrected chi connectivity index (χ4v) is 2.51. The van der Waals surface area contributed by atoms with Gasteiger partial charge in [-0.15, -0.1) is 0 Å². The summed E-state index contributed by atoms with van der Waals surface area (Å²) in [6, 6.07) is 5.92. The number of benzene rings is 1. The van der Waals surface area contributed by atoms with E-state index in [1.807, 2.05) is 32.2 Å². The van der Waals surface area contributed by atoms with Gasteiger partial charge in [0.05, 0.1) is 6.61 Å². The minimum Gasteiger partial charge on any atom is -0.380 e. The van der Waals surface area contributed by atoms with Crippen molar-refractivity contribution in [2.45, 2.75) is 13.0 Å². The number of nitrogens with two attached hydrogens (primary N) is 1. The maximum Gasteiger partial charge on any atom is 0.0593 e. The zero-order valence-corrected chi connectivity index (χ0v) is 13.2. The maximum atomic E-state index is 6.04. The van der Waals surface area contributed by atoms with Gasteiger partial charge in [0.25, 0.3) is 0 Å². The molecule has 1 rings (SSSR count). The molecule has 0 amide bonds. The Morgan fingerprint density at radius 2 is 2.22 bits per heavy atom. The maximum absolute atomic E-state index is 6.04. The molecule has 18 heavy (non-hydrogen) atoms. The Morgan fingerprint density at radius 1 is 1.50 bits per heavy atom. The number of hydrogen-bond donors (Lipinski definition) is 1. The molecule has 0 radical (unpaired) electrons. The lowest BCUT2D eigenvalue weighted by Gasteiger charge is -2.28. The zero-order valence-electron chi connectivity index (χ0n) is 10.8. The van der Waals surface area contributed by atoms with Crippen molar-refractivity contribution < 1.29 is 4.74 Å². The lowest BCUT2D eigenvalue weighted by Crippen LogP contribution is -2.33. The molecule has 1 unspecified atom stereocenters. The van der Waals surface area contributed by atoms with Gasteiger partial charge in [-0.2, -0.15) is 0 Å². The molecule has 1 aromatic rings. The first-order chi connectivity index (χ1) is 8.60. The van der Waals surface area contributed by atoms with Crippen molar-refractivity contribution in [1.82, 2.24) is 4.90 Å². The molecule has 0 aliphatic heterocycles. The van der Waals surface area contributed by atoms with Crippen LogP contribution in [0.4, 0.5) is 0 Å². The van der Waals surface area contributed by atoms with Crippen LogP contribution in [0.2, 0.25) is 5.02 Å². The predicted molar refractivity (Wildman–Crippen MR) is 80.1 cm³/mol. The number of ether oxygens (including phenoxy) is 1. The molecule has 0 spiro atoms. The van der Waals surface area contributed by atoms with Crippen molar-refractivity contribution >= 4 is 27.5 Å². The molecule has 102 valence electrons. The van der Waals surface area contributed by atoms with Crippen LogP contribution >= 0.6 is 27.5 Å². The fourth-order valence-electron chi connectivity index (χ4n) is 1.82. The van der Waals surface area contributed by atoms with Gasteiger partial charge >= 0.3 is 0 Å². The Morgan fingerprint density at radius 3 is 2.83 bits per heavy atom. The quantitative estimate of drug-likeness (QED) is 0.778. The Kier molecular flexibility index (Phi) is 7.19. The van der Waals surface area contributed by atoms with Crippen LogP contribution in [0.5, 0.6) is 0 Å². The summed E-state index contributed by atoms with van der Waals surface area (Å²) in [7, 11) is 2.05. The van der Waals surface area contributed by atoms with Crippen LogP contribution in [0.25, 0.3) is 0 Å². The second-order valence-electron chi connectivity index (χ2n) is 4.09. The molecule has 2 N–H and O–H groups in total. The summed E-state index contributed by atoms with van der Waals surface area (Å²) in [6.45, 7) is 4.83. The summed E-state index contributed by atoms with van der Waals surface area (Å²) < 4.78 is 6.40. The molecule has 1 atom stereocenters. The van der Waals surface area contributed by atoms with Gasteiger partial charge in [-0.1, -0.05) is 27.5 Å². The third-order valence-electron chi connectivity index (χ3n) is 2.86. The van der Waals surface area contributed by atoms with Gasteiger partial charge < -0.3 is 10.5 Å². The van der Waals surface area contributed by atoms with Crippen molar-refractivity contribution in [3.05, 3.63) is 33.3 Å². The second kappa shape index (κ2) is 8.12. The van der Waals surface area contributed by atoms with Crippen LogP contribution in [0.1, 0.15) is 18.5 Å². The lowest BCUT2D eigenvalue weighted by molar-refractivity contribution is 0.108. The highest BCUT2D eigenvalue weighted by atomic mass is 79.9. The van der Waals surface area contributed by atoms with E-state index in [9.17, 15) is 0 Å². The molecule has 0 aliphatic rings. The van der Waals surface area contributed by atoms with Crippen LogP contribution in [-0.2, 0) is 4.74 Å². The van der Waals surface area contributed by atoms with E-state index in [1.54, 1.807) is 0 Å². The highest BCUT2D eigenvalue weighted by Gasteiger charge is 2.18. The smallest absolute Gasteiger partial charge is 0.0593 e. The largest absolute Gasteiger partial charge is 0.380 e. The number of nitrogens with zero attached hydrogens (tertiary/aromatic N) is 1. The van der Waals surface area contributed by atoms with E-state index >= 15 is 0 Å². The second-order valence-corrected chi connectivity index (χ2v) is 5.39.